The summed E-state index contributed by atoms with van der Waals surface area (Å²) in [5.41, 5.74) is 0. The van der Waals surface area contributed by atoms with E-state index in [1.54, 1.807) is 0 Å². The molecule has 2 N–H and O–H groups in total. The zero-order valence-electron chi connectivity index (χ0n) is 14.8. The van der Waals surface area contributed by atoms with Crippen molar-refractivity contribution < 1.29 is 9.59 Å². The molecule has 3 amide bonds. The molecule has 0 unspecified atom stereocenters. The Morgan fingerprint density at radius 2 is 1.91 bits per heavy atom. The highest BCUT2D eigenvalue weighted by atomic mass is 16.2. The minimum absolute atomic E-state index is 0.0592. The molecule has 1 heterocycles. The molecule has 23 heavy (non-hydrogen) atoms. The maximum absolute atomic E-state index is 12.5. The maximum Gasteiger partial charge on any atom is 0.318 e. The Balaban J connectivity index is 1.80. The van der Waals surface area contributed by atoms with Crippen LogP contribution in [0.2, 0.25) is 0 Å². The second-order valence-electron chi connectivity index (χ2n) is 7.01. The average Bonchev–Trinajstić information content (AvgIpc) is 3.25. The summed E-state index contributed by atoms with van der Waals surface area (Å²) in [7, 11) is 2.10. The fraction of sp³-hybridized carbons (Fsp3) is 0.882. The third-order valence-electron chi connectivity index (χ3n) is 5.10. The van der Waals surface area contributed by atoms with Crippen molar-refractivity contribution in [2.24, 2.45) is 5.92 Å². The van der Waals surface area contributed by atoms with Crippen LogP contribution in [-0.2, 0) is 4.79 Å². The second kappa shape index (κ2) is 8.52. The molecule has 2 aliphatic rings. The van der Waals surface area contributed by atoms with Gasteiger partial charge in [0.15, 0.2) is 0 Å². The largest absolute Gasteiger partial charge is 0.353 e. The number of likely N-dealkylation sites (tertiary alicyclic amines) is 1. The molecule has 0 aromatic heterocycles. The standard InChI is InChI=1S/C17H32N4O2/c1-4-13(2)15(19-17(23)21-10-5-6-11-21)16(22)18-9-12-20(3)14-7-8-14/h13-15H,4-12H2,1-3H3,(H,18,22)(H,19,23)/t13-,15+/m1/s1. The van der Waals surface area contributed by atoms with Crippen molar-refractivity contribution in [3.63, 3.8) is 0 Å². The van der Waals surface area contributed by atoms with Gasteiger partial charge in [0.1, 0.15) is 6.04 Å². The van der Waals surface area contributed by atoms with E-state index < -0.39 is 6.04 Å². The highest BCUT2D eigenvalue weighted by molar-refractivity contribution is 5.87. The lowest BCUT2D eigenvalue weighted by molar-refractivity contribution is -0.124. The van der Waals surface area contributed by atoms with Crippen LogP contribution in [-0.4, -0.2) is 67.0 Å². The molecule has 1 aliphatic heterocycles. The molecule has 0 aromatic rings. The first-order valence-corrected chi connectivity index (χ1v) is 9.06. The number of likely N-dealkylation sites (N-methyl/N-ethyl adjacent to an activating group) is 1. The molecule has 2 atom stereocenters. The lowest BCUT2D eigenvalue weighted by Gasteiger charge is -2.26. The summed E-state index contributed by atoms with van der Waals surface area (Å²) in [4.78, 5) is 28.9. The van der Waals surface area contributed by atoms with Crippen molar-refractivity contribution >= 4 is 11.9 Å². The Morgan fingerprint density at radius 1 is 1.26 bits per heavy atom. The zero-order chi connectivity index (χ0) is 16.8. The summed E-state index contributed by atoms with van der Waals surface area (Å²) in [6.45, 7) is 7.17. The van der Waals surface area contributed by atoms with E-state index in [9.17, 15) is 9.59 Å². The summed E-state index contributed by atoms with van der Waals surface area (Å²) in [5, 5.41) is 5.94. The Hall–Kier alpha value is -1.30. The van der Waals surface area contributed by atoms with Crippen LogP contribution in [0.25, 0.3) is 0 Å². The minimum atomic E-state index is -0.445. The van der Waals surface area contributed by atoms with Gasteiger partial charge in [-0.15, -0.1) is 0 Å². The molecular formula is C17H32N4O2. The van der Waals surface area contributed by atoms with Crippen LogP contribution < -0.4 is 10.6 Å². The van der Waals surface area contributed by atoms with E-state index in [0.29, 0.717) is 12.6 Å². The zero-order valence-corrected chi connectivity index (χ0v) is 14.8. The van der Waals surface area contributed by atoms with Crippen LogP contribution in [0.4, 0.5) is 4.79 Å². The molecule has 0 spiro atoms. The van der Waals surface area contributed by atoms with Crippen LogP contribution in [0, 0.1) is 5.92 Å². The molecular weight excluding hydrogens is 292 g/mol. The topological polar surface area (TPSA) is 64.7 Å². The fourth-order valence-corrected chi connectivity index (χ4v) is 3.01. The van der Waals surface area contributed by atoms with Gasteiger partial charge in [0.2, 0.25) is 5.91 Å². The highest BCUT2D eigenvalue weighted by Gasteiger charge is 2.29. The van der Waals surface area contributed by atoms with Crippen molar-refractivity contribution in [3.05, 3.63) is 0 Å². The van der Waals surface area contributed by atoms with Gasteiger partial charge in [-0.3, -0.25) is 4.79 Å². The van der Waals surface area contributed by atoms with E-state index in [2.05, 4.69) is 22.6 Å². The number of hydrogen-bond donors (Lipinski definition) is 2. The van der Waals surface area contributed by atoms with Gasteiger partial charge in [0, 0.05) is 32.2 Å². The Bertz CT molecular complexity index is 405. The van der Waals surface area contributed by atoms with E-state index >= 15 is 0 Å². The first-order valence-electron chi connectivity index (χ1n) is 9.06. The molecule has 2 rings (SSSR count). The van der Waals surface area contributed by atoms with Gasteiger partial charge in [-0.25, -0.2) is 4.79 Å². The molecule has 1 saturated heterocycles. The summed E-state index contributed by atoms with van der Waals surface area (Å²) in [6, 6.07) is 0.157. The summed E-state index contributed by atoms with van der Waals surface area (Å²) < 4.78 is 0. The van der Waals surface area contributed by atoms with Crippen LogP contribution >= 0.6 is 0 Å². The normalized spacial score (nSPS) is 20.4. The van der Waals surface area contributed by atoms with Crippen LogP contribution in [0.5, 0.6) is 0 Å². The smallest absolute Gasteiger partial charge is 0.318 e. The van der Waals surface area contributed by atoms with E-state index in [0.717, 1.165) is 38.9 Å². The third-order valence-corrected chi connectivity index (χ3v) is 5.10. The van der Waals surface area contributed by atoms with Crippen molar-refractivity contribution in [3.8, 4) is 0 Å². The van der Waals surface area contributed by atoms with Crippen LogP contribution in [0.1, 0.15) is 46.0 Å². The summed E-state index contributed by atoms with van der Waals surface area (Å²) in [5.74, 6) is 0.0683. The van der Waals surface area contributed by atoms with Crippen molar-refractivity contribution in [2.75, 3.05) is 33.2 Å². The molecule has 2 fully saturated rings. The molecule has 6 nitrogen and oxygen atoms in total. The van der Waals surface area contributed by atoms with Gasteiger partial charge in [-0.1, -0.05) is 20.3 Å². The van der Waals surface area contributed by atoms with Crippen molar-refractivity contribution in [1.29, 1.82) is 0 Å². The molecule has 1 saturated carbocycles. The number of urea groups is 1. The van der Waals surface area contributed by atoms with Crippen molar-refractivity contribution in [2.45, 2.75) is 58.0 Å². The monoisotopic (exact) mass is 324 g/mol. The number of hydrogen-bond acceptors (Lipinski definition) is 3. The molecule has 132 valence electrons. The maximum atomic E-state index is 12.5. The highest BCUT2D eigenvalue weighted by Crippen LogP contribution is 2.24. The lowest BCUT2D eigenvalue weighted by atomic mass is 9.98. The molecule has 1 aliphatic carbocycles. The summed E-state index contributed by atoms with van der Waals surface area (Å²) in [6.07, 6.45) is 5.51. The number of nitrogens with zero attached hydrogens (tertiary/aromatic N) is 2. The first kappa shape index (κ1) is 18.0. The van der Waals surface area contributed by atoms with Crippen LogP contribution in [0.15, 0.2) is 0 Å². The number of nitrogens with one attached hydrogen (secondary N) is 2. The van der Waals surface area contributed by atoms with E-state index in [1.165, 1.54) is 12.8 Å². The average molecular weight is 324 g/mol. The van der Waals surface area contributed by atoms with E-state index in [1.807, 2.05) is 18.7 Å². The molecule has 0 aromatic carbocycles. The Morgan fingerprint density at radius 3 is 2.48 bits per heavy atom. The van der Waals surface area contributed by atoms with Gasteiger partial charge >= 0.3 is 6.03 Å². The molecule has 0 bridgehead atoms. The van der Waals surface area contributed by atoms with Gasteiger partial charge in [-0.05, 0) is 38.6 Å². The first-order chi connectivity index (χ1) is 11.0. The van der Waals surface area contributed by atoms with Gasteiger partial charge in [0.05, 0.1) is 0 Å². The SMILES string of the molecule is CC[C@@H](C)[C@H](NC(=O)N1CCCC1)C(=O)NCCN(C)C1CC1. The fourth-order valence-electron chi connectivity index (χ4n) is 3.01. The number of carbonyl (C=O) groups excluding carboxylic acids is 2. The Kier molecular flexibility index (Phi) is 6.69. The Labute approximate surface area is 140 Å². The van der Waals surface area contributed by atoms with E-state index in [-0.39, 0.29) is 17.9 Å². The van der Waals surface area contributed by atoms with E-state index in [4.69, 9.17) is 0 Å². The minimum Gasteiger partial charge on any atom is -0.353 e. The van der Waals surface area contributed by atoms with Gasteiger partial charge < -0.3 is 20.4 Å². The molecule has 6 heteroatoms. The van der Waals surface area contributed by atoms with Crippen molar-refractivity contribution in [1.82, 2.24) is 20.4 Å². The number of carbonyl (C=O) groups is 2. The quantitative estimate of drug-likeness (QED) is 0.710. The lowest BCUT2D eigenvalue weighted by Crippen LogP contribution is -2.54. The van der Waals surface area contributed by atoms with Gasteiger partial charge in [0.25, 0.3) is 0 Å². The van der Waals surface area contributed by atoms with Crippen LogP contribution in [0.3, 0.4) is 0 Å². The second-order valence-corrected chi connectivity index (χ2v) is 7.01. The predicted octanol–water partition coefficient (Wildman–Crippen LogP) is 1.42. The van der Waals surface area contributed by atoms with Gasteiger partial charge in [-0.2, -0.15) is 0 Å². The third kappa shape index (κ3) is 5.37. The number of rotatable bonds is 8. The number of amides is 3. The predicted molar refractivity (Wildman–Crippen MR) is 91.2 cm³/mol. The molecule has 0 radical (unpaired) electrons. The summed E-state index contributed by atoms with van der Waals surface area (Å²) >= 11 is 0.